The summed E-state index contributed by atoms with van der Waals surface area (Å²) < 4.78 is 12.4. The summed E-state index contributed by atoms with van der Waals surface area (Å²) in [6.07, 6.45) is 1.72. The number of hydrogen-bond acceptors (Lipinski definition) is 7. The number of thiophene rings is 1. The van der Waals surface area contributed by atoms with Gasteiger partial charge in [-0.05, 0) is 42.3 Å². The van der Waals surface area contributed by atoms with E-state index < -0.39 is 5.97 Å². The van der Waals surface area contributed by atoms with Crippen molar-refractivity contribution < 1.29 is 19.1 Å². The molecule has 3 aromatic rings. The Morgan fingerprint density at radius 1 is 1.19 bits per heavy atom. The van der Waals surface area contributed by atoms with Crippen molar-refractivity contribution in [3.63, 3.8) is 0 Å². The Hall–Kier alpha value is -2.39. The second-order valence-electron chi connectivity index (χ2n) is 6.79. The number of likely N-dealkylation sites (N-methyl/N-ethyl adjacent to an activating group) is 1. The molecule has 9 heteroatoms. The number of methoxy groups -OCH3 is 1. The molecule has 31 heavy (non-hydrogen) atoms. The molecule has 4 rings (SSSR count). The van der Waals surface area contributed by atoms with Crippen molar-refractivity contribution in [3.8, 4) is 11.5 Å². The number of hydrogen-bond donors (Lipinski definition) is 0. The van der Waals surface area contributed by atoms with Gasteiger partial charge in [0.25, 0.3) is 5.91 Å². The molecule has 5 nitrogen and oxygen atoms in total. The zero-order chi connectivity index (χ0) is 22.3. The normalized spacial score (nSPS) is 15.2. The van der Waals surface area contributed by atoms with E-state index in [1.54, 1.807) is 31.3 Å². The number of nitrogens with zero attached hydrogens (tertiary/aromatic N) is 1. The van der Waals surface area contributed by atoms with Crippen LogP contribution in [0.15, 0.2) is 41.3 Å². The average Bonchev–Trinajstić information content (AvgIpc) is 3.19. The molecule has 0 bridgehead atoms. The van der Waals surface area contributed by atoms with Gasteiger partial charge in [-0.1, -0.05) is 53.8 Å². The maximum atomic E-state index is 12.8. The standard InChI is InChI=1S/C22H16ClNO4S3/c1-11-4-6-13-16(8-11)30-19(18(13)23)21(26)28-14-7-5-12(9-15(14)27-3)10-17-20(25)24(2)22(29)31-17/h4-10H,1-3H3/b17-10+. The Labute approximate surface area is 197 Å². The van der Waals surface area contributed by atoms with Gasteiger partial charge in [-0.15, -0.1) is 11.3 Å². The molecular formula is C22H16ClNO4S3. The van der Waals surface area contributed by atoms with E-state index in [4.69, 9.17) is 33.3 Å². The molecule has 1 aromatic heterocycles. The van der Waals surface area contributed by atoms with Crippen LogP contribution in [-0.4, -0.2) is 35.3 Å². The van der Waals surface area contributed by atoms with Crippen LogP contribution in [0.5, 0.6) is 11.5 Å². The highest BCUT2D eigenvalue weighted by molar-refractivity contribution is 8.26. The van der Waals surface area contributed by atoms with Crippen LogP contribution in [0.1, 0.15) is 20.8 Å². The number of amides is 1. The zero-order valence-corrected chi connectivity index (χ0v) is 19.9. The van der Waals surface area contributed by atoms with Gasteiger partial charge in [0.2, 0.25) is 0 Å². The summed E-state index contributed by atoms with van der Waals surface area (Å²) in [4.78, 5) is 27.3. The SMILES string of the molecule is COc1cc(/C=C2/SC(=S)N(C)C2=O)ccc1OC(=O)c1sc2cc(C)ccc2c1Cl. The van der Waals surface area contributed by atoms with E-state index in [-0.39, 0.29) is 11.7 Å². The molecule has 2 aromatic carbocycles. The van der Waals surface area contributed by atoms with Crippen molar-refractivity contribution in [2.45, 2.75) is 6.92 Å². The maximum Gasteiger partial charge on any atom is 0.355 e. The minimum absolute atomic E-state index is 0.154. The molecule has 1 aliphatic heterocycles. The molecular weight excluding hydrogens is 474 g/mol. The predicted octanol–water partition coefficient (Wildman–Crippen LogP) is 5.92. The van der Waals surface area contributed by atoms with Crippen LogP contribution in [0, 0.1) is 6.92 Å². The molecule has 0 unspecified atom stereocenters. The number of carbonyl (C=O) groups is 2. The minimum Gasteiger partial charge on any atom is -0.493 e. The predicted molar refractivity (Wildman–Crippen MR) is 130 cm³/mol. The fraction of sp³-hybridized carbons (Fsp3) is 0.136. The van der Waals surface area contributed by atoms with Gasteiger partial charge in [0.15, 0.2) is 11.5 Å². The Kier molecular flexibility index (Phi) is 6.07. The second kappa shape index (κ2) is 8.63. The van der Waals surface area contributed by atoms with E-state index in [0.717, 1.165) is 21.2 Å². The van der Waals surface area contributed by atoms with Crippen LogP contribution in [-0.2, 0) is 4.79 Å². The Balaban J connectivity index is 1.61. The van der Waals surface area contributed by atoms with Crippen LogP contribution < -0.4 is 9.47 Å². The molecule has 158 valence electrons. The molecule has 1 fully saturated rings. The number of aryl methyl sites for hydroxylation is 1. The molecule has 0 saturated carbocycles. The van der Waals surface area contributed by atoms with E-state index in [9.17, 15) is 9.59 Å². The van der Waals surface area contributed by atoms with Crippen LogP contribution in [0.2, 0.25) is 5.02 Å². The molecule has 0 spiro atoms. The number of thiocarbonyl (C=S) groups is 1. The van der Waals surface area contributed by atoms with Gasteiger partial charge in [0.05, 0.1) is 17.0 Å². The average molecular weight is 490 g/mol. The smallest absolute Gasteiger partial charge is 0.355 e. The van der Waals surface area contributed by atoms with Crippen LogP contribution in [0.4, 0.5) is 0 Å². The lowest BCUT2D eigenvalue weighted by molar-refractivity contribution is -0.121. The summed E-state index contributed by atoms with van der Waals surface area (Å²) in [5.41, 5.74) is 1.81. The monoisotopic (exact) mass is 489 g/mol. The van der Waals surface area contributed by atoms with Crippen molar-refractivity contribution in [1.82, 2.24) is 4.90 Å². The third kappa shape index (κ3) is 4.21. The summed E-state index contributed by atoms with van der Waals surface area (Å²) >= 11 is 14.1. The maximum absolute atomic E-state index is 12.8. The summed E-state index contributed by atoms with van der Waals surface area (Å²) in [6, 6.07) is 10.9. The van der Waals surface area contributed by atoms with Gasteiger partial charge >= 0.3 is 5.97 Å². The van der Waals surface area contributed by atoms with Gasteiger partial charge in [0.1, 0.15) is 9.20 Å². The number of benzene rings is 2. The molecule has 0 radical (unpaired) electrons. The third-order valence-corrected chi connectivity index (χ3v) is 7.77. The number of halogens is 1. The number of carbonyl (C=O) groups excluding carboxylic acids is 2. The molecule has 2 heterocycles. The quantitative estimate of drug-likeness (QED) is 0.196. The molecule has 1 saturated heterocycles. The summed E-state index contributed by atoms with van der Waals surface area (Å²) in [5.74, 6) is -0.0829. The van der Waals surface area contributed by atoms with E-state index in [1.165, 1.54) is 35.1 Å². The fourth-order valence-electron chi connectivity index (χ4n) is 3.01. The van der Waals surface area contributed by atoms with Crippen LogP contribution in [0.3, 0.4) is 0 Å². The number of ether oxygens (including phenoxy) is 2. The number of rotatable bonds is 4. The minimum atomic E-state index is -0.554. The highest BCUT2D eigenvalue weighted by Crippen LogP contribution is 2.38. The first-order chi connectivity index (χ1) is 14.8. The Morgan fingerprint density at radius 3 is 2.65 bits per heavy atom. The summed E-state index contributed by atoms with van der Waals surface area (Å²) in [7, 11) is 3.12. The van der Waals surface area contributed by atoms with Crippen molar-refractivity contribution in [2.24, 2.45) is 0 Å². The number of fused-ring (bicyclic) bond motifs is 1. The zero-order valence-electron chi connectivity index (χ0n) is 16.7. The molecule has 1 aliphatic rings. The van der Waals surface area contributed by atoms with E-state index in [0.29, 0.717) is 24.9 Å². The van der Waals surface area contributed by atoms with Crippen molar-refractivity contribution in [1.29, 1.82) is 0 Å². The first-order valence-corrected chi connectivity index (χ1v) is 11.5. The molecule has 0 N–H and O–H groups in total. The highest BCUT2D eigenvalue weighted by Gasteiger charge is 2.28. The molecule has 1 amide bonds. The molecule has 0 aliphatic carbocycles. The first kappa shape index (κ1) is 21.8. The van der Waals surface area contributed by atoms with E-state index in [2.05, 4.69) is 0 Å². The first-order valence-electron chi connectivity index (χ1n) is 9.09. The second-order valence-corrected chi connectivity index (χ2v) is 9.89. The lowest BCUT2D eigenvalue weighted by Crippen LogP contribution is -2.22. The van der Waals surface area contributed by atoms with Crippen LogP contribution in [0.25, 0.3) is 16.2 Å². The Morgan fingerprint density at radius 2 is 1.97 bits per heavy atom. The summed E-state index contributed by atoms with van der Waals surface area (Å²) in [6.45, 7) is 1.98. The van der Waals surface area contributed by atoms with Gasteiger partial charge in [-0.25, -0.2) is 4.79 Å². The van der Waals surface area contributed by atoms with Crippen molar-refractivity contribution >= 4 is 79.3 Å². The lowest BCUT2D eigenvalue weighted by atomic mass is 10.2. The topological polar surface area (TPSA) is 55.8 Å². The van der Waals surface area contributed by atoms with E-state index >= 15 is 0 Å². The third-order valence-electron chi connectivity index (χ3n) is 4.64. The van der Waals surface area contributed by atoms with Crippen LogP contribution >= 0.6 is 46.9 Å². The van der Waals surface area contributed by atoms with Crippen molar-refractivity contribution in [2.75, 3.05) is 14.2 Å². The van der Waals surface area contributed by atoms with Crippen molar-refractivity contribution in [3.05, 3.63) is 62.3 Å². The summed E-state index contributed by atoms with van der Waals surface area (Å²) in [5, 5.41) is 1.20. The van der Waals surface area contributed by atoms with Gasteiger partial charge in [0, 0.05) is 17.1 Å². The lowest BCUT2D eigenvalue weighted by Gasteiger charge is -2.10. The molecule has 0 atom stereocenters. The van der Waals surface area contributed by atoms with E-state index in [1.807, 2.05) is 25.1 Å². The van der Waals surface area contributed by atoms with Gasteiger partial charge in [-0.3, -0.25) is 9.69 Å². The number of thioether (sulfide) groups is 1. The van der Waals surface area contributed by atoms with Gasteiger partial charge in [-0.2, -0.15) is 0 Å². The Bertz CT molecular complexity index is 1280. The highest BCUT2D eigenvalue weighted by atomic mass is 35.5. The number of esters is 1. The fourth-order valence-corrected chi connectivity index (χ4v) is 5.67. The largest absolute Gasteiger partial charge is 0.493 e. The van der Waals surface area contributed by atoms with Gasteiger partial charge < -0.3 is 9.47 Å².